The Morgan fingerprint density at radius 1 is 1.44 bits per heavy atom. The lowest BCUT2D eigenvalue weighted by atomic mass is 10.1. The summed E-state index contributed by atoms with van der Waals surface area (Å²) in [5.41, 5.74) is 0. The van der Waals surface area contributed by atoms with Crippen LogP contribution in [0.25, 0.3) is 0 Å². The van der Waals surface area contributed by atoms with Gasteiger partial charge in [0.2, 0.25) is 0 Å². The van der Waals surface area contributed by atoms with E-state index in [4.69, 9.17) is 5.11 Å². The lowest BCUT2D eigenvalue weighted by molar-refractivity contribution is -0.141. The van der Waals surface area contributed by atoms with Crippen molar-refractivity contribution in [1.29, 1.82) is 0 Å². The number of carboxylic acid groups (broad SMARTS) is 1. The van der Waals surface area contributed by atoms with Crippen LogP contribution in [-0.4, -0.2) is 41.1 Å². The number of amides is 2. The molecule has 0 aromatic carbocycles. The SMILES string of the molecule is CCCCCC(C)NC(=O)N1CCC(C(=O)O)C1. The number of nitrogens with one attached hydrogen (secondary N) is 1. The van der Waals surface area contributed by atoms with Crippen molar-refractivity contribution < 1.29 is 14.7 Å². The lowest BCUT2D eigenvalue weighted by Crippen LogP contribution is -2.43. The summed E-state index contributed by atoms with van der Waals surface area (Å²) in [7, 11) is 0. The molecule has 18 heavy (non-hydrogen) atoms. The van der Waals surface area contributed by atoms with Crippen molar-refractivity contribution in [3.8, 4) is 0 Å². The van der Waals surface area contributed by atoms with E-state index in [1.807, 2.05) is 6.92 Å². The molecule has 104 valence electrons. The predicted molar refractivity (Wildman–Crippen MR) is 69.5 cm³/mol. The van der Waals surface area contributed by atoms with Gasteiger partial charge in [0.05, 0.1) is 5.92 Å². The molecule has 0 aliphatic carbocycles. The molecule has 1 heterocycles. The standard InChI is InChI=1S/C13H24N2O3/c1-3-4-5-6-10(2)14-13(18)15-8-7-11(9-15)12(16)17/h10-11H,3-9H2,1-2H3,(H,14,18)(H,16,17). The van der Waals surface area contributed by atoms with Crippen LogP contribution in [0.2, 0.25) is 0 Å². The van der Waals surface area contributed by atoms with Gasteiger partial charge < -0.3 is 15.3 Å². The fourth-order valence-corrected chi connectivity index (χ4v) is 2.22. The maximum Gasteiger partial charge on any atom is 0.317 e. The molecule has 1 aliphatic heterocycles. The van der Waals surface area contributed by atoms with Gasteiger partial charge in [-0.05, 0) is 19.8 Å². The first-order valence-electron chi connectivity index (χ1n) is 6.82. The molecule has 1 rings (SSSR count). The van der Waals surface area contributed by atoms with Crippen LogP contribution in [0.4, 0.5) is 4.79 Å². The zero-order chi connectivity index (χ0) is 13.5. The zero-order valence-electron chi connectivity index (χ0n) is 11.3. The number of aliphatic carboxylic acids is 1. The monoisotopic (exact) mass is 256 g/mol. The number of urea groups is 1. The molecule has 0 radical (unpaired) electrons. The minimum absolute atomic E-state index is 0.122. The van der Waals surface area contributed by atoms with E-state index in [1.165, 1.54) is 12.8 Å². The van der Waals surface area contributed by atoms with E-state index >= 15 is 0 Å². The van der Waals surface area contributed by atoms with Crippen molar-refractivity contribution in [3.05, 3.63) is 0 Å². The Labute approximate surface area is 109 Å². The minimum atomic E-state index is -0.804. The number of unbranched alkanes of at least 4 members (excludes halogenated alkanes) is 2. The Morgan fingerprint density at radius 3 is 2.72 bits per heavy atom. The van der Waals surface area contributed by atoms with Gasteiger partial charge in [0, 0.05) is 19.1 Å². The van der Waals surface area contributed by atoms with Gasteiger partial charge in [-0.3, -0.25) is 4.79 Å². The van der Waals surface area contributed by atoms with Crippen molar-refractivity contribution in [2.24, 2.45) is 5.92 Å². The van der Waals surface area contributed by atoms with Crippen LogP contribution < -0.4 is 5.32 Å². The lowest BCUT2D eigenvalue weighted by Gasteiger charge is -2.20. The second-order valence-electron chi connectivity index (χ2n) is 5.12. The Morgan fingerprint density at radius 2 is 2.17 bits per heavy atom. The van der Waals surface area contributed by atoms with E-state index in [9.17, 15) is 9.59 Å². The van der Waals surface area contributed by atoms with Crippen LogP contribution >= 0.6 is 0 Å². The molecular formula is C13H24N2O3. The normalized spacial score (nSPS) is 20.8. The predicted octanol–water partition coefficient (Wildman–Crippen LogP) is 2.07. The van der Waals surface area contributed by atoms with Gasteiger partial charge in [0.15, 0.2) is 0 Å². The van der Waals surface area contributed by atoms with Crippen LogP contribution in [0.1, 0.15) is 46.0 Å². The van der Waals surface area contributed by atoms with E-state index in [2.05, 4.69) is 12.2 Å². The summed E-state index contributed by atoms with van der Waals surface area (Å²) in [4.78, 5) is 24.3. The summed E-state index contributed by atoms with van der Waals surface area (Å²) in [5, 5.41) is 11.8. The molecule has 5 nitrogen and oxygen atoms in total. The number of likely N-dealkylation sites (tertiary alicyclic amines) is 1. The third-order valence-corrected chi connectivity index (χ3v) is 3.44. The Hall–Kier alpha value is -1.26. The van der Waals surface area contributed by atoms with Gasteiger partial charge in [-0.15, -0.1) is 0 Å². The van der Waals surface area contributed by atoms with E-state index < -0.39 is 11.9 Å². The van der Waals surface area contributed by atoms with Gasteiger partial charge >= 0.3 is 12.0 Å². The second kappa shape index (κ2) is 7.24. The number of hydrogen-bond acceptors (Lipinski definition) is 2. The number of hydrogen-bond donors (Lipinski definition) is 2. The Kier molecular flexibility index (Phi) is 5.95. The van der Waals surface area contributed by atoms with E-state index in [0.717, 1.165) is 12.8 Å². The summed E-state index contributed by atoms with van der Waals surface area (Å²) in [5.74, 6) is -1.20. The van der Waals surface area contributed by atoms with Gasteiger partial charge in [0.1, 0.15) is 0 Å². The first kappa shape index (κ1) is 14.8. The second-order valence-corrected chi connectivity index (χ2v) is 5.12. The average molecular weight is 256 g/mol. The first-order chi connectivity index (χ1) is 8.54. The smallest absolute Gasteiger partial charge is 0.317 e. The topological polar surface area (TPSA) is 69.6 Å². The summed E-state index contributed by atoms with van der Waals surface area (Å²) in [6, 6.07) is 0.0377. The molecule has 0 aromatic heterocycles. The number of carbonyl (C=O) groups is 2. The number of carbonyl (C=O) groups excluding carboxylic acids is 1. The van der Waals surface area contributed by atoms with E-state index in [-0.39, 0.29) is 12.1 Å². The fourth-order valence-electron chi connectivity index (χ4n) is 2.22. The summed E-state index contributed by atoms with van der Waals surface area (Å²) < 4.78 is 0. The van der Waals surface area contributed by atoms with E-state index in [0.29, 0.717) is 19.5 Å². The molecule has 2 unspecified atom stereocenters. The zero-order valence-corrected chi connectivity index (χ0v) is 11.3. The van der Waals surface area contributed by atoms with Crippen LogP contribution in [0.5, 0.6) is 0 Å². The number of carboxylic acids is 1. The minimum Gasteiger partial charge on any atom is -0.481 e. The van der Waals surface area contributed by atoms with Crippen molar-refractivity contribution >= 4 is 12.0 Å². The highest BCUT2D eigenvalue weighted by molar-refractivity contribution is 5.77. The molecule has 1 saturated heterocycles. The van der Waals surface area contributed by atoms with Crippen LogP contribution in [0.3, 0.4) is 0 Å². The molecule has 5 heteroatoms. The van der Waals surface area contributed by atoms with E-state index in [1.54, 1.807) is 4.90 Å². The fraction of sp³-hybridized carbons (Fsp3) is 0.846. The highest BCUT2D eigenvalue weighted by Crippen LogP contribution is 2.16. The molecule has 2 N–H and O–H groups in total. The van der Waals surface area contributed by atoms with Gasteiger partial charge in [-0.1, -0.05) is 26.2 Å². The summed E-state index contributed by atoms with van der Waals surface area (Å²) in [6.45, 7) is 5.03. The first-order valence-corrected chi connectivity index (χ1v) is 6.82. The quantitative estimate of drug-likeness (QED) is 0.715. The third kappa shape index (κ3) is 4.55. The highest BCUT2D eigenvalue weighted by atomic mass is 16.4. The van der Waals surface area contributed by atoms with Gasteiger partial charge in [-0.25, -0.2) is 4.79 Å². The van der Waals surface area contributed by atoms with Crippen molar-refractivity contribution in [2.45, 2.75) is 52.0 Å². The molecule has 2 atom stereocenters. The van der Waals surface area contributed by atoms with Crippen LogP contribution in [0.15, 0.2) is 0 Å². The van der Waals surface area contributed by atoms with Crippen molar-refractivity contribution in [1.82, 2.24) is 10.2 Å². The summed E-state index contributed by atoms with van der Waals surface area (Å²) in [6.07, 6.45) is 5.02. The van der Waals surface area contributed by atoms with Crippen molar-refractivity contribution in [3.63, 3.8) is 0 Å². The van der Waals surface area contributed by atoms with Crippen molar-refractivity contribution in [2.75, 3.05) is 13.1 Å². The van der Waals surface area contributed by atoms with Crippen LogP contribution in [0, 0.1) is 5.92 Å². The average Bonchev–Trinajstić information content (AvgIpc) is 2.78. The molecule has 0 bridgehead atoms. The molecular weight excluding hydrogens is 232 g/mol. The highest BCUT2D eigenvalue weighted by Gasteiger charge is 2.31. The number of rotatable bonds is 6. The molecule has 2 amide bonds. The van der Waals surface area contributed by atoms with Gasteiger partial charge in [-0.2, -0.15) is 0 Å². The molecule has 0 saturated carbocycles. The maximum absolute atomic E-state index is 11.9. The third-order valence-electron chi connectivity index (χ3n) is 3.44. The molecule has 0 aromatic rings. The number of nitrogens with zero attached hydrogens (tertiary/aromatic N) is 1. The molecule has 0 spiro atoms. The molecule has 1 aliphatic rings. The van der Waals surface area contributed by atoms with Gasteiger partial charge in [0.25, 0.3) is 0 Å². The van der Waals surface area contributed by atoms with Crippen LogP contribution in [-0.2, 0) is 4.79 Å². The largest absolute Gasteiger partial charge is 0.481 e. The maximum atomic E-state index is 11.9. The Bertz CT molecular complexity index is 294. The Balaban J connectivity index is 2.26. The summed E-state index contributed by atoms with van der Waals surface area (Å²) >= 11 is 0. The molecule has 1 fully saturated rings.